The van der Waals surface area contributed by atoms with Crippen molar-refractivity contribution in [2.24, 2.45) is 0 Å². The number of hydrogen-bond donors (Lipinski definition) is 0. The second-order valence-electron chi connectivity index (χ2n) is 4.30. The zero-order valence-corrected chi connectivity index (χ0v) is 11.0. The third-order valence-corrected chi connectivity index (χ3v) is 2.95. The van der Waals surface area contributed by atoms with Gasteiger partial charge in [0.1, 0.15) is 17.9 Å². The molecule has 20 heavy (non-hydrogen) atoms. The largest absolute Gasteiger partial charge is 0.550 e. The Kier molecular flexibility index (Phi) is 3.89. The van der Waals surface area contributed by atoms with Crippen LogP contribution in [-0.2, 0) is 11.2 Å². The molecule has 5 nitrogen and oxygen atoms in total. The Hall–Kier alpha value is -2.56. The second kappa shape index (κ2) is 5.61. The van der Waals surface area contributed by atoms with E-state index in [2.05, 4.69) is 6.58 Å². The zero-order chi connectivity index (χ0) is 14.7. The van der Waals surface area contributed by atoms with Crippen LogP contribution >= 0.6 is 0 Å². The number of aryl methyl sites for hydroxylation is 1. The molecule has 0 amide bonds. The summed E-state index contributed by atoms with van der Waals surface area (Å²) in [6.45, 7) is 5.57. The zero-order valence-electron chi connectivity index (χ0n) is 11.0. The number of carboxylic acid groups (broad SMARTS) is 1. The summed E-state index contributed by atoms with van der Waals surface area (Å²) in [7, 11) is 0. The SMILES string of the molecule is C=CCOc1ccc2c(C)c(CC(=O)[O-])c(=O)oc2c1. The lowest BCUT2D eigenvalue weighted by atomic mass is 10.0. The van der Waals surface area contributed by atoms with E-state index >= 15 is 0 Å². The highest BCUT2D eigenvalue weighted by atomic mass is 16.5. The Bertz CT molecular complexity index is 727. The predicted molar refractivity (Wildman–Crippen MR) is 71.6 cm³/mol. The van der Waals surface area contributed by atoms with Gasteiger partial charge < -0.3 is 19.1 Å². The maximum atomic E-state index is 11.8. The maximum absolute atomic E-state index is 11.8. The molecule has 0 aliphatic carbocycles. The summed E-state index contributed by atoms with van der Waals surface area (Å²) in [6.07, 6.45) is 1.15. The van der Waals surface area contributed by atoms with Crippen LogP contribution in [0, 0.1) is 6.92 Å². The van der Waals surface area contributed by atoms with Crippen molar-refractivity contribution >= 4 is 16.9 Å². The van der Waals surface area contributed by atoms with Crippen molar-refractivity contribution < 1.29 is 19.1 Å². The molecule has 0 N–H and O–H groups in total. The highest BCUT2D eigenvalue weighted by Crippen LogP contribution is 2.24. The number of ether oxygens (including phenoxy) is 1. The molecule has 0 fully saturated rings. The first-order valence-corrected chi connectivity index (χ1v) is 6.03. The van der Waals surface area contributed by atoms with Gasteiger partial charge in [0.05, 0.1) is 0 Å². The average molecular weight is 273 g/mol. The van der Waals surface area contributed by atoms with Gasteiger partial charge in [0.15, 0.2) is 0 Å². The van der Waals surface area contributed by atoms with Gasteiger partial charge in [-0.2, -0.15) is 0 Å². The third-order valence-electron chi connectivity index (χ3n) is 2.95. The fraction of sp³-hybridized carbons (Fsp3) is 0.200. The van der Waals surface area contributed by atoms with Gasteiger partial charge in [0.2, 0.25) is 0 Å². The van der Waals surface area contributed by atoms with E-state index in [4.69, 9.17) is 9.15 Å². The summed E-state index contributed by atoms with van der Waals surface area (Å²) in [5, 5.41) is 11.3. The number of benzene rings is 1. The molecule has 0 unspecified atom stereocenters. The lowest BCUT2D eigenvalue weighted by Crippen LogP contribution is -2.27. The molecule has 1 aromatic carbocycles. The van der Waals surface area contributed by atoms with E-state index in [1.165, 1.54) is 0 Å². The number of carboxylic acids is 1. The number of carbonyl (C=O) groups excluding carboxylic acids is 1. The second-order valence-corrected chi connectivity index (χ2v) is 4.30. The molecule has 5 heteroatoms. The Labute approximate surface area is 115 Å². The monoisotopic (exact) mass is 273 g/mol. The Balaban J connectivity index is 2.54. The molecule has 2 aromatic rings. The van der Waals surface area contributed by atoms with Gasteiger partial charge in [0, 0.05) is 29.4 Å². The number of rotatable bonds is 5. The molecular formula is C15H13O5-. The summed E-state index contributed by atoms with van der Waals surface area (Å²) in [6, 6.07) is 5.04. The molecule has 1 heterocycles. The van der Waals surface area contributed by atoms with Gasteiger partial charge in [-0.3, -0.25) is 0 Å². The molecule has 0 saturated heterocycles. The van der Waals surface area contributed by atoms with Crippen molar-refractivity contribution in [1.82, 2.24) is 0 Å². The van der Waals surface area contributed by atoms with Crippen molar-refractivity contribution in [3.05, 3.63) is 52.4 Å². The van der Waals surface area contributed by atoms with Crippen LogP contribution in [0.25, 0.3) is 11.0 Å². The minimum absolute atomic E-state index is 0.109. The lowest BCUT2D eigenvalue weighted by molar-refractivity contribution is -0.304. The molecule has 0 atom stereocenters. The summed E-state index contributed by atoms with van der Waals surface area (Å²) >= 11 is 0. The van der Waals surface area contributed by atoms with E-state index in [-0.39, 0.29) is 5.56 Å². The molecule has 0 aliphatic heterocycles. The van der Waals surface area contributed by atoms with Crippen LogP contribution in [0.3, 0.4) is 0 Å². The molecule has 0 radical (unpaired) electrons. The predicted octanol–water partition coefficient (Wildman–Crippen LogP) is 0.959. The summed E-state index contributed by atoms with van der Waals surface area (Å²) in [5.74, 6) is -0.765. The van der Waals surface area contributed by atoms with Gasteiger partial charge in [-0.25, -0.2) is 4.79 Å². The maximum Gasteiger partial charge on any atom is 0.340 e. The van der Waals surface area contributed by atoms with Gasteiger partial charge >= 0.3 is 5.63 Å². The van der Waals surface area contributed by atoms with Crippen molar-refractivity contribution in [2.75, 3.05) is 6.61 Å². The third kappa shape index (κ3) is 2.71. The minimum Gasteiger partial charge on any atom is -0.550 e. The summed E-state index contributed by atoms with van der Waals surface area (Å²) in [4.78, 5) is 22.5. The standard InChI is InChI=1S/C15H14O5/c1-3-6-19-10-4-5-11-9(2)12(8-14(16)17)15(18)20-13(11)7-10/h3-5,7H,1,6,8H2,2H3,(H,16,17)/p-1. The molecule has 104 valence electrons. The summed E-state index contributed by atoms with van der Waals surface area (Å²) < 4.78 is 10.5. The summed E-state index contributed by atoms with van der Waals surface area (Å²) in [5.41, 5.74) is 0.379. The topological polar surface area (TPSA) is 79.6 Å². The minimum atomic E-state index is -1.31. The number of hydrogen-bond acceptors (Lipinski definition) is 5. The van der Waals surface area contributed by atoms with E-state index < -0.39 is 18.0 Å². The van der Waals surface area contributed by atoms with Crippen LogP contribution in [-0.4, -0.2) is 12.6 Å². The van der Waals surface area contributed by atoms with E-state index in [1.54, 1.807) is 31.2 Å². The molecule has 0 bridgehead atoms. The van der Waals surface area contributed by atoms with Crippen LogP contribution in [0.1, 0.15) is 11.1 Å². The van der Waals surface area contributed by atoms with E-state index in [0.29, 0.717) is 28.9 Å². The molecule has 1 aromatic heterocycles. The number of fused-ring (bicyclic) bond motifs is 1. The molecule has 0 aliphatic rings. The van der Waals surface area contributed by atoms with E-state index in [0.717, 1.165) is 0 Å². The van der Waals surface area contributed by atoms with Crippen molar-refractivity contribution in [3.63, 3.8) is 0 Å². The Morgan fingerprint density at radius 3 is 2.90 bits per heavy atom. The lowest BCUT2D eigenvalue weighted by Gasteiger charge is -2.09. The first-order valence-electron chi connectivity index (χ1n) is 6.03. The fourth-order valence-electron chi connectivity index (χ4n) is 1.97. The van der Waals surface area contributed by atoms with E-state index in [1.807, 2.05) is 0 Å². The van der Waals surface area contributed by atoms with Crippen LogP contribution in [0.4, 0.5) is 0 Å². The fourth-order valence-corrected chi connectivity index (χ4v) is 1.97. The van der Waals surface area contributed by atoms with E-state index in [9.17, 15) is 14.7 Å². The highest BCUT2D eigenvalue weighted by molar-refractivity contribution is 5.83. The van der Waals surface area contributed by atoms with Crippen LogP contribution < -0.4 is 15.5 Å². The molecular weight excluding hydrogens is 260 g/mol. The number of carbonyl (C=O) groups is 1. The van der Waals surface area contributed by atoms with Gasteiger partial charge in [-0.15, -0.1) is 0 Å². The Morgan fingerprint density at radius 2 is 2.25 bits per heavy atom. The average Bonchev–Trinajstić information content (AvgIpc) is 2.40. The van der Waals surface area contributed by atoms with Crippen molar-refractivity contribution in [1.29, 1.82) is 0 Å². The first-order chi connectivity index (χ1) is 9.52. The molecule has 0 saturated carbocycles. The molecule has 2 rings (SSSR count). The van der Waals surface area contributed by atoms with Crippen molar-refractivity contribution in [3.8, 4) is 5.75 Å². The normalized spacial score (nSPS) is 10.4. The quantitative estimate of drug-likeness (QED) is 0.598. The van der Waals surface area contributed by atoms with Crippen LogP contribution in [0.15, 0.2) is 40.1 Å². The Morgan fingerprint density at radius 1 is 1.50 bits per heavy atom. The smallest absolute Gasteiger partial charge is 0.340 e. The van der Waals surface area contributed by atoms with Gasteiger partial charge in [-0.1, -0.05) is 12.7 Å². The number of aliphatic carboxylic acids is 1. The van der Waals surface area contributed by atoms with Crippen LogP contribution in [0.5, 0.6) is 5.75 Å². The first kappa shape index (κ1) is 13.9. The van der Waals surface area contributed by atoms with Gasteiger partial charge in [-0.05, 0) is 24.6 Å². The van der Waals surface area contributed by atoms with Gasteiger partial charge in [0.25, 0.3) is 0 Å². The van der Waals surface area contributed by atoms with Crippen LogP contribution in [0.2, 0.25) is 0 Å². The molecule has 0 spiro atoms. The highest BCUT2D eigenvalue weighted by Gasteiger charge is 2.12. The van der Waals surface area contributed by atoms with Crippen molar-refractivity contribution in [2.45, 2.75) is 13.3 Å².